The lowest BCUT2D eigenvalue weighted by Gasteiger charge is -2.13. The number of aromatic nitrogens is 2. The van der Waals surface area contributed by atoms with Gasteiger partial charge >= 0.3 is 0 Å². The van der Waals surface area contributed by atoms with E-state index in [0.29, 0.717) is 30.0 Å². The maximum absolute atomic E-state index is 14.4. The van der Waals surface area contributed by atoms with Gasteiger partial charge in [-0.2, -0.15) is 0 Å². The van der Waals surface area contributed by atoms with E-state index in [1.54, 1.807) is 29.7 Å². The summed E-state index contributed by atoms with van der Waals surface area (Å²) in [6.45, 7) is 4.02. The lowest BCUT2D eigenvalue weighted by molar-refractivity contribution is -0.116. The van der Waals surface area contributed by atoms with E-state index in [-0.39, 0.29) is 17.8 Å². The first-order valence-electron chi connectivity index (χ1n) is 9.29. The van der Waals surface area contributed by atoms with Crippen LogP contribution in [0.1, 0.15) is 21.8 Å². The van der Waals surface area contributed by atoms with Crippen molar-refractivity contribution in [1.82, 2.24) is 15.3 Å². The van der Waals surface area contributed by atoms with Crippen molar-refractivity contribution < 1.29 is 13.9 Å². The summed E-state index contributed by atoms with van der Waals surface area (Å²) < 4.78 is 20.4. The second-order valence-electron chi connectivity index (χ2n) is 6.89. The van der Waals surface area contributed by atoms with E-state index >= 15 is 0 Å². The zero-order chi connectivity index (χ0) is 20.4. The van der Waals surface area contributed by atoms with Crippen molar-refractivity contribution in [2.24, 2.45) is 0 Å². The van der Waals surface area contributed by atoms with Crippen LogP contribution in [0, 0.1) is 19.7 Å². The monoisotopic (exact) mass is 409 g/mol. The maximum Gasteiger partial charge on any atom is 0.244 e. The van der Waals surface area contributed by atoms with Crippen LogP contribution < -0.4 is 10.1 Å². The molecule has 5 nitrogen and oxygen atoms in total. The third kappa shape index (κ3) is 4.19. The second-order valence-corrected chi connectivity index (χ2v) is 7.87. The Morgan fingerprint density at radius 1 is 1.38 bits per heavy atom. The number of rotatable bonds is 5. The number of carbonyl (C=O) groups is 1. The van der Waals surface area contributed by atoms with Crippen molar-refractivity contribution >= 4 is 23.3 Å². The van der Waals surface area contributed by atoms with Gasteiger partial charge in [-0.25, -0.2) is 9.37 Å². The van der Waals surface area contributed by atoms with E-state index < -0.39 is 0 Å². The summed E-state index contributed by atoms with van der Waals surface area (Å²) in [5.74, 6) is -0.0335. The van der Waals surface area contributed by atoms with Crippen LogP contribution in [-0.2, 0) is 11.2 Å². The molecule has 0 radical (unpaired) electrons. The van der Waals surface area contributed by atoms with Crippen molar-refractivity contribution in [2.45, 2.75) is 26.4 Å². The number of hydrogen-bond donors (Lipinski definition) is 1. The highest BCUT2D eigenvalue weighted by atomic mass is 32.1. The van der Waals surface area contributed by atoms with Crippen LogP contribution in [0.25, 0.3) is 17.3 Å². The topological polar surface area (TPSA) is 64.1 Å². The normalized spacial score (nSPS) is 15.3. The highest BCUT2D eigenvalue weighted by molar-refractivity contribution is 7.10. The smallest absolute Gasteiger partial charge is 0.244 e. The fourth-order valence-electron chi connectivity index (χ4n) is 3.27. The number of benzene rings is 1. The number of carbonyl (C=O) groups excluding carboxylic acids is 1. The van der Waals surface area contributed by atoms with Crippen molar-refractivity contribution in [3.05, 3.63) is 69.6 Å². The predicted molar refractivity (Wildman–Crippen MR) is 111 cm³/mol. The van der Waals surface area contributed by atoms with Gasteiger partial charge < -0.3 is 10.1 Å². The van der Waals surface area contributed by atoms with E-state index in [1.807, 2.05) is 31.4 Å². The lowest BCUT2D eigenvalue weighted by Crippen LogP contribution is -2.33. The molecule has 3 aromatic rings. The lowest BCUT2D eigenvalue weighted by atomic mass is 10.0. The highest BCUT2D eigenvalue weighted by Crippen LogP contribution is 2.40. The van der Waals surface area contributed by atoms with Gasteiger partial charge in [0.2, 0.25) is 5.91 Å². The molecule has 1 atom stereocenters. The van der Waals surface area contributed by atoms with E-state index in [2.05, 4.69) is 15.3 Å². The first kappa shape index (κ1) is 19.3. The molecule has 0 saturated carbocycles. The molecule has 0 aliphatic carbocycles. The van der Waals surface area contributed by atoms with Gasteiger partial charge in [-0.15, -0.1) is 11.3 Å². The molecule has 4 rings (SSSR count). The standard InChI is InChI=1S/C22H20FN3O2S/c1-13-11-24-14(2)21(26-13)17-6-7-19(23)18-10-15(28-22(17)18)12-25-20(27)8-5-16-4-3-9-29-16/h3-9,11,15H,10,12H2,1-2H3,(H,25,27). The molecule has 148 valence electrons. The molecule has 0 saturated heterocycles. The van der Waals surface area contributed by atoms with E-state index in [4.69, 9.17) is 4.74 Å². The van der Waals surface area contributed by atoms with Gasteiger partial charge in [-0.3, -0.25) is 9.78 Å². The number of nitrogens with one attached hydrogen (secondary N) is 1. The summed E-state index contributed by atoms with van der Waals surface area (Å²) in [5, 5.41) is 4.78. The van der Waals surface area contributed by atoms with Crippen molar-refractivity contribution in [2.75, 3.05) is 6.54 Å². The van der Waals surface area contributed by atoms with Crippen LogP contribution in [0.3, 0.4) is 0 Å². The zero-order valence-corrected chi connectivity index (χ0v) is 16.9. The van der Waals surface area contributed by atoms with E-state index in [0.717, 1.165) is 21.8 Å². The van der Waals surface area contributed by atoms with Gasteiger partial charge in [0.25, 0.3) is 0 Å². The van der Waals surface area contributed by atoms with Crippen molar-refractivity contribution in [3.63, 3.8) is 0 Å². The Bertz CT molecular complexity index is 1080. The SMILES string of the molecule is Cc1cnc(C)c(-c2ccc(F)c3c2OC(CNC(=O)C=Cc2cccs2)C3)n1. The number of fused-ring (bicyclic) bond motifs is 1. The Kier molecular flexibility index (Phi) is 5.40. The molecule has 1 aromatic carbocycles. The third-order valence-electron chi connectivity index (χ3n) is 4.70. The predicted octanol–water partition coefficient (Wildman–Crippen LogP) is 4.09. The molecule has 29 heavy (non-hydrogen) atoms. The zero-order valence-electron chi connectivity index (χ0n) is 16.1. The largest absolute Gasteiger partial charge is 0.487 e. The minimum Gasteiger partial charge on any atom is -0.487 e. The molecule has 1 unspecified atom stereocenters. The first-order chi connectivity index (χ1) is 14.0. The van der Waals surface area contributed by atoms with E-state index in [1.165, 1.54) is 12.1 Å². The number of halogens is 1. The summed E-state index contributed by atoms with van der Waals surface area (Å²) in [6, 6.07) is 6.98. The molecular weight excluding hydrogens is 389 g/mol. The van der Waals surface area contributed by atoms with Gasteiger partial charge in [0.1, 0.15) is 17.7 Å². The number of aryl methyl sites for hydroxylation is 2. The quantitative estimate of drug-likeness (QED) is 0.645. The van der Waals surface area contributed by atoms with Gasteiger partial charge in [0, 0.05) is 34.7 Å². The molecule has 2 aromatic heterocycles. The van der Waals surface area contributed by atoms with Gasteiger partial charge in [-0.1, -0.05) is 6.07 Å². The fraction of sp³-hybridized carbons (Fsp3) is 0.227. The number of amides is 1. The Balaban J connectivity index is 1.48. The molecule has 1 amide bonds. The summed E-state index contributed by atoms with van der Waals surface area (Å²) in [5.41, 5.74) is 3.46. The van der Waals surface area contributed by atoms with Gasteiger partial charge in [0.15, 0.2) is 0 Å². The van der Waals surface area contributed by atoms with Crippen LogP contribution in [0.2, 0.25) is 0 Å². The summed E-state index contributed by atoms with van der Waals surface area (Å²) >= 11 is 1.56. The van der Waals surface area contributed by atoms with Crippen LogP contribution >= 0.6 is 11.3 Å². The molecule has 0 spiro atoms. The van der Waals surface area contributed by atoms with Gasteiger partial charge in [-0.05, 0) is 43.5 Å². The Morgan fingerprint density at radius 2 is 2.24 bits per heavy atom. The van der Waals surface area contributed by atoms with E-state index in [9.17, 15) is 9.18 Å². The molecule has 1 N–H and O–H groups in total. The average molecular weight is 409 g/mol. The number of thiophene rings is 1. The number of ether oxygens (including phenoxy) is 1. The molecular formula is C22H20FN3O2S. The number of hydrogen-bond acceptors (Lipinski definition) is 5. The van der Waals surface area contributed by atoms with Crippen LogP contribution in [-0.4, -0.2) is 28.5 Å². The highest BCUT2D eigenvalue weighted by Gasteiger charge is 2.30. The summed E-state index contributed by atoms with van der Waals surface area (Å²) in [4.78, 5) is 22.0. The Hall–Kier alpha value is -3.06. The van der Waals surface area contributed by atoms with Crippen molar-refractivity contribution in [1.29, 1.82) is 0 Å². The Morgan fingerprint density at radius 3 is 3.03 bits per heavy atom. The summed E-state index contributed by atoms with van der Waals surface area (Å²) in [6.07, 6.45) is 5.01. The average Bonchev–Trinajstić information content (AvgIpc) is 3.37. The molecule has 0 fully saturated rings. The molecule has 1 aliphatic heterocycles. The minimum atomic E-state index is -0.335. The molecule has 3 heterocycles. The Labute approximate surface area is 172 Å². The number of nitrogens with zero attached hydrogens (tertiary/aromatic N) is 2. The van der Waals surface area contributed by atoms with Crippen LogP contribution in [0.4, 0.5) is 4.39 Å². The minimum absolute atomic E-state index is 0.209. The fourth-order valence-corrected chi connectivity index (χ4v) is 3.89. The van der Waals surface area contributed by atoms with Gasteiger partial charge in [0.05, 0.1) is 23.6 Å². The second kappa shape index (κ2) is 8.13. The summed E-state index contributed by atoms with van der Waals surface area (Å²) in [7, 11) is 0. The molecule has 0 bridgehead atoms. The maximum atomic E-state index is 14.4. The third-order valence-corrected chi connectivity index (χ3v) is 5.53. The van der Waals surface area contributed by atoms with Crippen LogP contribution in [0.15, 0.2) is 41.9 Å². The first-order valence-corrected chi connectivity index (χ1v) is 10.2. The molecule has 1 aliphatic rings. The van der Waals surface area contributed by atoms with Crippen LogP contribution in [0.5, 0.6) is 5.75 Å². The molecule has 7 heteroatoms. The van der Waals surface area contributed by atoms with Crippen molar-refractivity contribution in [3.8, 4) is 17.0 Å².